The highest BCUT2D eigenvalue weighted by molar-refractivity contribution is 6.11. The highest BCUT2D eigenvalue weighted by Gasteiger charge is 2.51. The van der Waals surface area contributed by atoms with Gasteiger partial charge in [0.25, 0.3) is 5.91 Å². The number of ketones is 1. The van der Waals surface area contributed by atoms with Crippen LogP contribution in [0.1, 0.15) is 63.5 Å². The molecule has 1 aromatic carbocycles. The first-order chi connectivity index (χ1) is 15.2. The summed E-state index contributed by atoms with van der Waals surface area (Å²) in [4.78, 5) is 28.7. The fourth-order valence-electron chi connectivity index (χ4n) is 4.96. The second-order valence-corrected chi connectivity index (χ2v) is 8.68. The fourth-order valence-corrected chi connectivity index (χ4v) is 4.96. The summed E-state index contributed by atoms with van der Waals surface area (Å²) in [7, 11) is 1.65. The third-order valence-corrected chi connectivity index (χ3v) is 6.55. The number of ether oxygens (including phenoxy) is 3. The van der Waals surface area contributed by atoms with Crippen LogP contribution < -0.4 is 4.74 Å². The van der Waals surface area contributed by atoms with E-state index >= 15 is 0 Å². The van der Waals surface area contributed by atoms with Gasteiger partial charge in [0.2, 0.25) is 0 Å². The minimum absolute atomic E-state index is 0.0934. The molecule has 31 heavy (non-hydrogen) atoms. The molecule has 0 saturated heterocycles. The van der Waals surface area contributed by atoms with Crippen molar-refractivity contribution in [3.05, 3.63) is 41.2 Å². The first-order valence-corrected chi connectivity index (χ1v) is 11.6. The summed E-state index contributed by atoms with van der Waals surface area (Å²) < 4.78 is 17.3. The summed E-state index contributed by atoms with van der Waals surface area (Å²) >= 11 is 0. The monoisotopic (exact) mass is 427 g/mol. The molecule has 0 bridgehead atoms. The molecule has 3 aliphatic rings. The maximum atomic E-state index is 13.6. The van der Waals surface area contributed by atoms with Gasteiger partial charge < -0.3 is 19.1 Å². The van der Waals surface area contributed by atoms with Crippen molar-refractivity contribution in [1.29, 1.82) is 0 Å². The molecule has 1 fully saturated rings. The van der Waals surface area contributed by atoms with Crippen LogP contribution in [0, 0.1) is 5.92 Å². The van der Waals surface area contributed by atoms with E-state index in [9.17, 15) is 9.59 Å². The van der Waals surface area contributed by atoms with Gasteiger partial charge in [0, 0.05) is 20.3 Å². The molecule has 0 spiro atoms. The van der Waals surface area contributed by atoms with Crippen molar-refractivity contribution >= 4 is 11.7 Å². The number of carbonyl (C=O) groups is 2. The van der Waals surface area contributed by atoms with Crippen molar-refractivity contribution in [2.75, 3.05) is 26.9 Å². The van der Waals surface area contributed by atoms with Crippen LogP contribution in [0.4, 0.5) is 0 Å². The fraction of sp³-hybridized carbons (Fsp3) is 0.600. The molecule has 0 N–H and O–H groups in total. The summed E-state index contributed by atoms with van der Waals surface area (Å²) in [5, 5.41) is 0. The maximum Gasteiger partial charge on any atom is 0.290 e. The Kier molecular flexibility index (Phi) is 6.96. The van der Waals surface area contributed by atoms with Crippen LogP contribution in [0.15, 0.2) is 35.6 Å². The van der Waals surface area contributed by atoms with E-state index in [0.717, 1.165) is 49.8 Å². The zero-order valence-electron chi connectivity index (χ0n) is 18.6. The van der Waals surface area contributed by atoms with Crippen LogP contribution >= 0.6 is 0 Å². The average molecular weight is 428 g/mol. The number of fused-ring (bicyclic) bond motifs is 1. The Morgan fingerprint density at radius 3 is 2.77 bits per heavy atom. The average Bonchev–Trinajstić information content (AvgIpc) is 3.07. The van der Waals surface area contributed by atoms with E-state index in [4.69, 9.17) is 14.2 Å². The predicted molar refractivity (Wildman–Crippen MR) is 117 cm³/mol. The molecule has 2 heterocycles. The lowest BCUT2D eigenvalue weighted by Gasteiger charge is -2.35. The van der Waals surface area contributed by atoms with E-state index in [0.29, 0.717) is 31.8 Å². The van der Waals surface area contributed by atoms with Crippen molar-refractivity contribution in [2.24, 2.45) is 5.92 Å². The van der Waals surface area contributed by atoms with Gasteiger partial charge >= 0.3 is 0 Å². The van der Waals surface area contributed by atoms with Gasteiger partial charge in [0.15, 0.2) is 11.5 Å². The molecule has 3 unspecified atom stereocenters. The molecule has 1 amide bonds. The lowest BCUT2D eigenvalue weighted by molar-refractivity contribution is -0.135. The number of rotatable bonds is 9. The summed E-state index contributed by atoms with van der Waals surface area (Å²) in [5.41, 5.74) is 1.44. The molecular weight excluding hydrogens is 394 g/mol. The van der Waals surface area contributed by atoms with Gasteiger partial charge in [-0.1, -0.05) is 31.9 Å². The molecule has 1 aliphatic carbocycles. The van der Waals surface area contributed by atoms with Gasteiger partial charge in [-0.05, 0) is 49.8 Å². The van der Waals surface area contributed by atoms with Gasteiger partial charge in [0.1, 0.15) is 11.9 Å². The molecule has 168 valence electrons. The van der Waals surface area contributed by atoms with Crippen molar-refractivity contribution in [3.63, 3.8) is 0 Å². The Balaban J connectivity index is 1.67. The molecule has 4 rings (SSSR count). The van der Waals surface area contributed by atoms with Gasteiger partial charge in [-0.25, -0.2) is 0 Å². The van der Waals surface area contributed by atoms with Crippen molar-refractivity contribution < 1.29 is 23.8 Å². The van der Waals surface area contributed by atoms with Crippen LogP contribution in [0.25, 0.3) is 0 Å². The quantitative estimate of drug-likeness (QED) is 0.553. The van der Waals surface area contributed by atoms with Gasteiger partial charge in [-0.3, -0.25) is 9.59 Å². The standard InChI is InChI=1S/C25H33NO5/c1-3-4-15-30-18-10-7-9-17(16-18)22-21-23(27)19-11-5-6-12-20(19)31-24(21)25(28)26(22)13-8-14-29-2/h7,9-10,16,19-20,22H,3-6,8,11-15H2,1-2H3. The van der Waals surface area contributed by atoms with E-state index in [2.05, 4.69) is 6.92 Å². The van der Waals surface area contributed by atoms with Gasteiger partial charge in [0.05, 0.1) is 24.1 Å². The molecular formula is C25H33NO5. The number of methoxy groups -OCH3 is 1. The number of hydrogen-bond donors (Lipinski definition) is 0. The zero-order valence-corrected chi connectivity index (χ0v) is 18.6. The topological polar surface area (TPSA) is 65.1 Å². The maximum absolute atomic E-state index is 13.6. The van der Waals surface area contributed by atoms with E-state index in [-0.39, 0.29) is 29.5 Å². The highest BCUT2D eigenvalue weighted by Crippen LogP contribution is 2.47. The molecule has 0 radical (unpaired) electrons. The van der Waals surface area contributed by atoms with E-state index in [1.807, 2.05) is 24.3 Å². The normalized spacial score (nSPS) is 25.4. The van der Waals surface area contributed by atoms with Crippen molar-refractivity contribution in [3.8, 4) is 5.75 Å². The molecule has 6 nitrogen and oxygen atoms in total. The largest absolute Gasteiger partial charge is 0.494 e. The smallest absolute Gasteiger partial charge is 0.290 e. The summed E-state index contributed by atoms with van der Waals surface area (Å²) in [5.74, 6) is 0.823. The van der Waals surface area contributed by atoms with Crippen LogP contribution in [-0.2, 0) is 19.1 Å². The van der Waals surface area contributed by atoms with Crippen molar-refractivity contribution in [2.45, 2.75) is 64.0 Å². The minimum Gasteiger partial charge on any atom is -0.494 e. The summed E-state index contributed by atoms with van der Waals surface area (Å²) in [6.07, 6.45) is 6.36. The van der Waals surface area contributed by atoms with E-state index < -0.39 is 6.04 Å². The molecule has 6 heteroatoms. The van der Waals surface area contributed by atoms with Gasteiger partial charge in [-0.15, -0.1) is 0 Å². The lowest BCUT2D eigenvalue weighted by atomic mass is 9.77. The Morgan fingerprint density at radius 2 is 1.97 bits per heavy atom. The Morgan fingerprint density at radius 1 is 1.13 bits per heavy atom. The van der Waals surface area contributed by atoms with Crippen LogP contribution in [0.5, 0.6) is 5.75 Å². The molecule has 3 atom stereocenters. The van der Waals surface area contributed by atoms with E-state index in [1.54, 1.807) is 12.0 Å². The number of Topliss-reactive ketones (excluding diaryl/α,β-unsaturated/α-hetero) is 1. The Bertz CT molecular complexity index is 848. The Hall–Kier alpha value is -2.34. The predicted octanol–water partition coefficient (Wildman–Crippen LogP) is 4.20. The van der Waals surface area contributed by atoms with Crippen LogP contribution in [0.2, 0.25) is 0 Å². The first-order valence-electron chi connectivity index (χ1n) is 11.6. The molecule has 1 aromatic rings. The van der Waals surface area contributed by atoms with Crippen molar-refractivity contribution in [1.82, 2.24) is 4.90 Å². The molecule has 1 saturated carbocycles. The number of benzene rings is 1. The molecule has 2 aliphatic heterocycles. The number of hydrogen-bond acceptors (Lipinski definition) is 5. The number of unbranched alkanes of at least 4 members (excludes halogenated alkanes) is 1. The summed E-state index contributed by atoms with van der Waals surface area (Å²) in [6, 6.07) is 7.38. The van der Waals surface area contributed by atoms with E-state index in [1.165, 1.54) is 0 Å². The summed E-state index contributed by atoms with van der Waals surface area (Å²) in [6.45, 7) is 3.85. The third-order valence-electron chi connectivity index (χ3n) is 6.55. The van der Waals surface area contributed by atoms with Gasteiger partial charge in [-0.2, -0.15) is 0 Å². The second-order valence-electron chi connectivity index (χ2n) is 8.68. The molecule has 0 aromatic heterocycles. The van der Waals surface area contributed by atoms with Crippen LogP contribution in [-0.4, -0.2) is 49.6 Å². The SMILES string of the molecule is CCCCOc1cccc(C2C3=C(OC4CCCCC4C3=O)C(=O)N2CCCOC)c1. The zero-order chi connectivity index (χ0) is 21.8. The number of amides is 1. The number of nitrogens with zero attached hydrogens (tertiary/aromatic N) is 1. The Labute approximate surface area is 184 Å². The van der Waals surface area contributed by atoms with Crippen LogP contribution in [0.3, 0.4) is 0 Å². The minimum atomic E-state index is -0.426. The first kappa shape index (κ1) is 21.9. The lowest BCUT2D eigenvalue weighted by Crippen LogP contribution is -2.39. The second kappa shape index (κ2) is 9.86. The number of carbonyl (C=O) groups excluding carboxylic acids is 2. The highest BCUT2D eigenvalue weighted by atomic mass is 16.5. The third kappa shape index (κ3) is 4.36.